The molecule has 0 aliphatic heterocycles. The highest BCUT2D eigenvalue weighted by Crippen LogP contribution is 1.91. The molecule has 0 bridgehead atoms. The van der Waals surface area contributed by atoms with E-state index in [2.05, 4.69) is 9.98 Å². The molecule has 0 spiro atoms. The molecular weight excluding hydrogens is 204 g/mol. The Morgan fingerprint density at radius 2 is 1.06 bits per heavy atom. The number of carbonyl (C=O) groups excluding carboxylic acids is 2. The van der Waals surface area contributed by atoms with E-state index in [0.29, 0.717) is 25.9 Å². The van der Waals surface area contributed by atoms with E-state index in [1.807, 2.05) is 13.8 Å². The first-order valence-electron chi connectivity index (χ1n) is 5.40. The van der Waals surface area contributed by atoms with Gasteiger partial charge in [0.1, 0.15) is 11.6 Å². The Bertz CT molecular complexity index is 285. The molecular formula is C12H20N2O2. The highest BCUT2D eigenvalue weighted by atomic mass is 16.1. The predicted octanol–water partition coefficient (Wildman–Crippen LogP) is 1.87. The Balaban J connectivity index is 3.89. The topological polar surface area (TPSA) is 58.9 Å². The molecule has 0 aromatic carbocycles. The van der Waals surface area contributed by atoms with E-state index in [1.165, 1.54) is 0 Å². The van der Waals surface area contributed by atoms with Crippen molar-refractivity contribution in [2.24, 2.45) is 9.98 Å². The summed E-state index contributed by atoms with van der Waals surface area (Å²) >= 11 is 0. The van der Waals surface area contributed by atoms with Crippen molar-refractivity contribution < 1.29 is 9.59 Å². The average Bonchev–Trinajstić information content (AvgIpc) is 2.10. The zero-order chi connectivity index (χ0) is 12.6. The minimum Gasteiger partial charge on any atom is -0.300 e. The van der Waals surface area contributed by atoms with E-state index >= 15 is 0 Å². The monoisotopic (exact) mass is 224 g/mol. The highest BCUT2D eigenvalue weighted by molar-refractivity contribution is 6.00. The summed E-state index contributed by atoms with van der Waals surface area (Å²) in [5, 5.41) is 0. The van der Waals surface area contributed by atoms with Crippen LogP contribution in [0.1, 0.15) is 40.5 Å². The van der Waals surface area contributed by atoms with Gasteiger partial charge >= 0.3 is 0 Å². The van der Waals surface area contributed by atoms with E-state index in [4.69, 9.17) is 0 Å². The van der Waals surface area contributed by atoms with Gasteiger partial charge in [-0.05, 0) is 27.7 Å². The van der Waals surface area contributed by atoms with Gasteiger partial charge < -0.3 is 0 Å². The standard InChI is InChI=1S/C12H20N2O2/c1-9(7-11(3)15)13-5-6-14-10(2)8-12(4)16/h5-8H2,1-4H3/b13-9-,14-10-. The lowest BCUT2D eigenvalue weighted by atomic mass is 10.2. The van der Waals surface area contributed by atoms with E-state index < -0.39 is 0 Å². The molecule has 0 heterocycles. The van der Waals surface area contributed by atoms with Crippen LogP contribution in [0.25, 0.3) is 0 Å². The molecule has 0 saturated heterocycles. The Kier molecular flexibility index (Phi) is 7.25. The number of Topliss-reactive ketones (excluding diaryl/α,β-unsaturated/α-hetero) is 2. The molecule has 0 fully saturated rings. The number of nitrogens with zero attached hydrogens (tertiary/aromatic N) is 2. The van der Waals surface area contributed by atoms with Crippen molar-refractivity contribution in [1.82, 2.24) is 0 Å². The van der Waals surface area contributed by atoms with Gasteiger partial charge in [0.05, 0.1) is 13.1 Å². The molecule has 0 aliphatic carbocycles. The maximum atomic E-state index is 10.8. The van der Waals surface area contributed by atoms with Crippen LogP contribution < -0.4 is 0 Å². The van der Waals surface area contributed by atoms with Crippen molar-refractivity contribution in [3.8, 4) is 0 Å². The quantitative estimate of drug-likeness (QED) is 0.489. The van der Waals surface area contributed by atoms with Gasteiger partial charge in [0, 0.05) is 24.3 Å². The molecule has 0 rings (SSSR count). The second-order valence-electron chi connectivity index (χ2n) is 3.99. The smallest absolute Gasteiger partial charge is 0.135 e. The normalized spacial score (nSPS) is 12.8. The Labute approximate surface area is 96.9 Å². The Morgan fingerprint density at radius 3 is 1.31 bits per heavy atom. The summed E-state index contributed by atoms with van der Waals surface area (Å²) in [6.45, 7) is 7.94. The SMILES string of the molecule is CC(=O)C/C(C)=N\CC/N=C(/C)CC(C)=O. The molecule has 0 saturated carbocycles. The summed E-state index contributed by atoms with van der Waals surface area (Å²) in [4.78, 5) is 30.0. The lowest BCUT2D eigenvalue weighted by Crippen LogP contribution is -2.04. The molecule has 16 heavy (non-hydrogen) atoms. The van der Waals surface area contributed by atoms with Gasteiger partial charge in [0.25, 0.3) is 0 Å². The number of ketones is 2. The molecule has 0 radical (unpaired) electrons. The summed E-state index contributed by atoms with van der Waals surface area (Å²) in [5.41, 5.74) is 1.68. The van der Waals surface area contributed by atoms with Crippen molar-refractivity contribution in [2.75, 3.05) is 13.1 Å². The molecule has 0 aromatic heterocycles. The Hall–Kier alpha value is -1.32. The molecule has 90 valence electrons. The summed E-state index contributed by atoms with van der Waals surface area (Å²) in [6.07, 6.45) is 0.826. The largest absolute Gasteiger partial charge is 0.300 e. The molecule has 0 aliphatic rings. The van der Waals surface area contributed by atoms with Crippen LogP contribution in [0, 0.1) is 0 Å². The number of hydrogen-bond donors (Lipinski definition) is 0. The van der Waals surface area contributed by atoms with Gasteiger partial charge in [-0.3, -0.25) is 19.6 Å². The van der Waals surface area contributed by atoms with Crippen molar-refractivity contribution in [3.05, 3.63) is 0 Å². The van der Waals surface area contributed by atoms with Crippen LogP contribution in [-0.2, 0) is 9.59 Å². The zero-order valence-corrected chi connectivity index (χ0v) is 10.5. The third kappa shape index (κ3) is 9.24. The minimum atomic E-state index is 0.123. The van der Waals surface area contributed by atoms with E-state index in [1.54, 1.807) is 13.8 Å². The average molecular weight is 224 g/mol. The van der Waals surface area contributed by atoms with Crippen molar-refractivity contribution in [2.45, 2.75) is 40.5 Å². The number of carbonyl (C=O) groups is 2. The highest BCUT2D eigenvalue weighted by Gasteiger charge is 1.97. The summed E-state index contributed by atoms with van der Waals surface area (Å²) in [7, 11) is 0. The summed E-state index contributed by atoms with van der Waals surface area (Å²) < 4.78 is 0. The third-order valence-corrected chi connectivity index (χ3v) is 1.87. The summed E-state index contributed by atoms with van der Waals surface area (Å²) in [5.74, 6) is 0.245. The Morgan fingerprint density at radius 1 is 0.750 bits per heavy atom. The number of hydrogen-bond acceptors (Lipinski definition) is 4. The van der Waals surface area contributed by atoms with Gasteiger partial charge in [-0.15, -0.1) is 0 Å². The van der Waals surface area contributed by atoms with E-state index in [9.17, 15) is 9.59 Å². The van der Waals surface area contributed by atoms with Crippen molar-refractivity contribution >= 4 is 23.0 Å². The van der Waals surface area contributed by atoms with E-state index in [0.717, 1.165) is 11.4 Å². The molecule has 4 nitrogen and oxygen atoms in total. The van der Waals surface area contributed by atoms with Gasteiger partial charge in [0.15, 0.2) is 0 Å². The van der Waals surface area contributed by atoms with Crippen LogP contribution in [0.4, 0.5) is 0 Å². The second kappa shape index (κ2) is 7.91. The lowest BCUT2D eigenvalue weighted by Gasteiger charge is -1.98. The fraction of sp³-hybridized carbons (Fsp3) is 0.667. The molecule has 0 amide bonds. The van der Waals surface area contributed by atoms with Crippen LogP contribution in [0.3, 0.4) is 0 Å². The maximum Gasteiger partial charge on any atom is 0.135 e. The van der Waals surface area contributed by atoms with Crippen LogP contribution in [0.15, 0.2) is 9.98 Å². The first-order chi connectivity index (χ1) is 7.41. The first-order valence-corrected chi connectivity index (χ1v) is 5.40. The molecule has 4 heteroatoms. The predicted molar refractivity (Wildman–Crippen MR) is 66.5 cm³/mol. The first kappa shape index (κ1) is 14.7. The maximum absolute atomic E-state index is 10.8. The molecule has 0 N–H and O–H groups in total. The molecule has 0 atom stereocenters. The lowest BCUT2D eigenvalue weighted by molar-refractivity contribution is -0.116. The van der Waals surface area contributed by atoms with Crippen molar-refractivity contribution in [3.63, 3.8) is 0 Å². The van der Waals surface area contributed by atoms with Crippen LogP contribution >= 0.6 is 0 Å². The minimum absolute atomic E-state index is 0.123. The van der Waals surface area contributed by atoms with Crippen LogP contribution in [-0.4, -0.2) is 36.1 Å². The summed E-state index contributed by atoms with van der Waals surface area (Å²) in [6, 6.07) is 0. The number of aliphatic imine (C=N–C) groups is 2. The fourth-order valence-electron chi connectivity index (χ4n) is 1.31. The van der Waals surface area contributed by atoms with Crippen molar-refractivity contribution in [1.29, 1.82) is 0 Å². The third-order valence-electron chi connectivity index (χ3n) is 1.87. The van der Waals surface area contributed by atoms with Crippen LogP contribution in [0.5, 0.6) is 0 Å². The van der Waals surface area contributed by atoms with Gasteiger partial charge in [-0.1, -0.05) is 0 Å². The zero-order valence-electron chi connectivity index (χ0n) is 10.5. The van der Waals surface area contributed by atoms with Gasteiger partial charge in [0.2, 0.25) is 0 Å². The second-order valence-corrected chi connectivity index (χ2v) is 3.99. The van der Waals surface area contributed by atoms with E-state index in [-0.39, 0.29) is 11.6 Å². The fourth-order valence-corrected chi connectivity index (χ4v) is 1.31. The molecule has 0 aromatic rings. The van der Waals surface area contributed by atoms with Gasteiger partial charge in [-0.25, -0.2) is 0 Å². The number of rotatable bonds is 7. The molecule has 0 unspecified atom stereocenters. The van der Waals surface area contributed by atoms with Gasteiger partial charge in [-0.2, -0.15) is 0 Å². The van der Waals surface area contributed by atoms with Crippen LogP contribution in [0.2, 0.25) is 0 Å².